The molecule has 1 aromatic carbocycles. The van der Waals surface area contributed by atoms with E-state index in [-0.39, 0.29) is 5.56 Å². The van der Waals surface area contributed by atoms with Crippen LogP contribution < -0.4 is 11.3 Å². The molecule has 2 aromatic rings. The third-order valence-electron chi connectivity index (χ3n) is 3.83. The minimum atomic E-state index is 0.0732. The number of hydrogen-bond donors (Lipinski definition) is 1. The molecule has 0 unspecified atom stereocenters. The van der Waals surface area contributed by atoms with Crippen LogP contribution in [0, 0.1) is 0 Å². The number of hydrogen-bond acceptors (Lipinski definition) is 2. The molecule has 0 atom stereocenters. The Labute approximate surface area is 123 Å². The molecule has 2 N–H and O–H groups in total. The summed E-state index contributed by atoms with van der Waals surface area (Å²) < 4.78 is 1.89. The number of rotatable bonds is 3. The van der Waals surface area contributed by atoms with Crippen molar-refractivity contribution in [1.82, 2.24) is 4.57 Å². The van der Waals surface area contributed by atoms with Crippen LogP contribution in [0.5, 0.6) is 0 Å². The van der Waals surface area contributed by atoms with Crippen molar-refractivity contribution in [3.63, 3.8) is 0 Å². The molecule has 4 heteroatoms. The lowest BCUT2D eigenvalue weighted by molar-refractivity contribution is 0.707. The summed E-state index contributed by atoms with van der Waals surface area (Å²) in [6.07, 6.45) is 3.21. The summed E-state index contributed by atoms with van der Waals surface area (Å²) in [5, 5.41) is 0. The highest BCUT2D eigenvalue weighted by Gasteiger charge is 2.15. The molecule has 0 fully saturated rings. The van der Waals surface area contributed by atoms with E-state index >= 15 is 0 Å². The zero-order chi connectivity index (χ0) is 14.1. The number of nitrogens with zero attached hydrogens (tertiary/aromatic N) is 1. The molecule has 1 aliphatic carbocycles. The SMILES string of the molecule is NC(=S)c1ccc(Cn2c3c(ccc2=O)CCC3)cc1. The fraction of sp³-hybridized carbons (Fsp3) is 0.250. The largest absolute Gasteiger partial charge is 0.389 e. The van der Waals surface area contributed by atoms with Crippen LogP contribution in [-0.4, -0.2) is 9.56 Å². The molecule has 3 nitrogen and oxygen atoms in total. The van der Waals surface area contributed by atoms with Gasteiger partial charge in [0.1, 0.15) is 4.99 Å². The molecule has 0 saturated carbocycles. The lowest BCUT2D eigenvalue weighted by atomic mass is 10.1. The highest BCUT2D eigenvalue weighted by molar-refractivity contribution is 7.80. The molecule has 0 aliphatic heterocycles. The van der Waals surface area contributed by atoms with Gasteiger partial charge in [0.05, 0.1) is 6.54 Å². The topological polar surface area (TPSA) is 48.0 Å². The maximum atomic E-state index is 12.1. The summed E-state index contributed by atoms with van der Waals surface area (Å²) in [6.45, 7) is 0.611. The summed E-state index contributed by atoms with van der Waals surface area (Å²) >= 11 is 4.94. The molecule has 0 bridgehead atoms. The first-order valence-corrected chi connectivity index (χ1v) is 7.16. The van der Waals surface area contributed by atoms with E-state index in [9.17, 15) is 4.79 Å². The summed E-state index contributed by atoms with van der Waals surface area (Å²) in [5.74, 6) is 0. The Hall–Kier alpha value is -1.94. The second-order valence-electron chi connectivity index (χ2n) is 5.14. The zero-order valence-corrected chi connectivity index (χ0v) is 12.0. The first-order valence-electron chi connectivity index (χ1n) is 6.75. The standard InChI is InChI=1S/C16H16N2OS/c17-16(20)13-6-4-11(5-7-13)10-18-14-3-1-2-12(14)8-9-15(18)19/h4-9H,1-3,10H2,(H2,17,20). The Balaban J connectivity index is 1.94. The van der Waals surface area contributed by atoms with Crippen molar-refractivity contribution in [2.75, 3.05) is 0 Å². The first kappa shape index (κ1) is 13.1. The van der Waals surface area contributed by atoms with Gasteiger partial charge in [0, 0.05) is 17.3 Å². The molecule has 20 heavy (non-hydrogen) atoms. The van der Waals surface area contributed by atoms with E-state index < -0.39 is 0 Å². The van der Waals surface area contributed by atoms with Crippen molar-refractivity contribution < 1.29 is 0 Å². The Morgan fingerprint density at radius 1 is 1.15 bits per heavy atom. The van der Waals surface area contributed by atoms with Crippen molar-refractivity contribution in [2.45, 2.75) is 25.8 Å². The molecule has 1 heterocycles. The van der Waals surface area contributed by atoms with E-state index in [2.05, 4.69) is 0 Å². The van der Waals surface area contributed by atoms with Gasteiger partial charge < -0.3 is 10.3 Å². The van der Waals surface area contributed by atoms with E-state index in [0.717, 1.165) is 30.4 Å². The molecule has 0 spiro atoms. The van der Waals surface area contributed by atoms with Gasteiger partial charge in [-0.1, -0.05) is 42.5 Å². The number of benzene rings is 1. The molecule has 0 radical (unpaired) electrons. The Morgan fingerprint density at radius 3 is 2.60 bits per heavy atom. The van der Waals surface area contributed by atoms with E-state index in [4.69, 9.17) is 18.0 Å². The minimum absolute atomic E-state index is 0.0732. The average molecular weight is 284 g/mol. The monoisotopic (exact) mass is 284 g/mol. The highest BCUT2D eigenvalue weighted by atomic mass is 32.1. The van der Waals surface area contributed by atoms with Gasteiger partial charge in [0.2, 0.25) is 0 Å². The van der Waals surface area contributed by atoms with Gasteiger partial charge >= 0.3 is 0 Å². The van der Waals surface area contributed by atoms with Crippen LogP contribution in [0.2, 0.25) is 0 Å². The maximum absolute atomic E-state index is 12.1. The van der Waals surface area contributed by atoms with Crippen LogP contribution in [0.1, 0.15) is 28.8 Å². The van der Waals surface area contributed by atoms with E-state index in [1.54, 1.807) is 6.07 Å². The maximum Gasteiger partial charge on any atom is 0.251 e. The van der Waals surface area contributed by atoms with Gasteiger partial charge in [0.25, 0.3) is 5.56 Å². The van der Waals surface area contributed by atoms with Gasteiger partial charge in [-0.3, -0.25) is 4.79 Å². The number of pyridine rings is 1. The summed E-state index contributed by atoms with van der Waals surface area (Å²) in [7, 11) is 0. The van der Waals surface area contributed by atoms with Crippen molar-refractivity contribution in [2.24, 2.45) is 5.73 Å². The van der Waals surface area contributed by atoms with E-state index in [0.29, 0.717) is 11.5 Å². The quantitative estimate of drug-likeness (QED) is 0.877. The predicted octanol–water partition coefficient (Wildman–Crippen LogP) is 2.02. The minimum Gasteiger partial charge on any atom is -0.389 e. The van der Waals surface area contributed by atoms with Gasteiger partial charge in [-0.25, -0.2) is 0 Å². The zero-order valence-electron chi connectivity index (χ0n) is 11.1. The summed E-state index contributed by atoms with van der Waals surface area (Å²) in [4.78, 5) is 12.5. The second kappa shape index (κ2) is 5.21. The van der Waals surface area contributed by atoms with Crippen LogP contribution in [0.3, 0.4) is 0 Å². The molecule has 1 aromatic heterocycles. The Bertz CT molecular complexity index is 716. The van der Waals surface area contributed by atoms with Crippen LogP contribution in [0.4, 0.5) is 0 Å². The molecule has 0 amide bonds. The number of nitrogens with two attached hydrogens (primary N) is 1. The molecule has 102 valence electrons. The van der Waals surface area contributed by atoms with Crippen LogP contribution in [0.25, 0.3) is 0 Å². The van der Waals surface area contributed by atoms with E-state index in [1.807, 2.05) is 34.9 Å². The normalized spacial score (nSPS) is 13.2. The number of fused-ring (bicyclic) bond motifs is 1. The second-order valence-corrected chi connectivity index (χ2v) is 5.58. The molecular formula is C16H16N2OS. The van der Waals surface area contributed by atoms with E-state index in [1.165, 1.54) is 11.3 Å². The Kier molecular flexibility index (Phi) is 3.40. The third kappa shape index (κ3) is 2.39. The van der Waals surface area contributed by atoms with Crippen molar-refractivity contribution in [1.29, 1.82) is 0 Å². The van der Waals surface area contributed by atoms with Crippen molar-refractivity contribution >= 4 is 17.2 Å². The van der Waals surface area contributed by atoms with Gasteiger partial charge in [0.15, 0.2) is 0 Å². The lowest BCUT2D eigenvalue weighted by Crippen LogP contribution is -2.23. The molecular weight excluding hydrogens is 268 g/mol. The highest BCUT2D eigenvalue weighted by Crippen LogP contribution is 2.20. The van der Waals surface area contributed by atoms with Gasteiger partial charge in [-0.2, -0.15) is 0 Å². The summed E-state index contributed by atoms with van der Waals surface area (Å²) in [6, 6.07) is 11.4. The van der Waals surface area contributed by atoms with Gasteiger partial charge in [-0.05, 0) is 30.4 Å². The fourth-order valence-electron chi connectivity index (χ4n) is 2.76. The number of aromatic nitrogens is 1. The predicted molar refractivity (Wildman–Crippen MR) is 84.2 cm³/mol. The van der Waals surface area contributed by atoms with Gasteiger partial charge in [-0.15, -0.1) is 0 Å². The third-order valence-corrected chi connectivity index (χ3v) is 4.06. The average Bonchev–Trinajstić information content (AvgIpc) is 2.91. The van der Waals surface area contributed by atoms with Crippen LogP contribution in [0.15, 0.2) is 41.2 Å². The van der Waals surface area contributed by atoms with Crippen LogP contribution in [-0.2, 0) is 19.4 Å². The first-order chi connectivity index (χ1) is 9.65. The molecule has 3 rings (SSSR count). The molecule has 0 saturated heterocycles. The number of aryl methyl sites for hydroxylation is 1. The lowest BCUT2D eigenvalue weighted by Gasteiger charge is -2.12. The summed E-state index contributed by atoms with van der Waals surface area (Å²) in [5.41, 5.74) is 10.1. The van der Waals surface area contributed by atoms with Crippen molar-refractivity contribution in [3.8, 4) is 0 Å². The van der Waals surface area contributed by atoms with Crippen molar-refractivity contribution in [3.05, 3.63) is 69.1 Å². The smallest absolute Gasteiger partial charge is 0.251 e. The molecule has 1 aliphatic rings. The van der Waals surface area contributed by atoms with Crippen LogP contribution >= 0.6 is 12.2 Å². The Morgan fingerprint density at radius 2 is 1.90 bits per heavy atom. The fourth-order valence-corrected chi connectivity index (χ4v) is 2.90. The number of thiocarbonyl (C=S) groups is 1.